The van der Waals surface area contributed by atoms with E-state index in [4.69, 9.17) is 0 Å². The number of rotatable bonds is 4. The first kappa shape index (κ1) is 14.6. The number of fused-ring (bicyclic) bond motifs is 2. The Balaban J connectivity index is 1.51. The Morgan fingerprint density at radius 1 is 1.19 bits per heavy atom. The number of hydrogen-bond donors (Lipinski definition) is 1. The third-order valence-electron chi connectivity index (χ3n) is 4.92. The molecular weight excluding hydrogens is 260 g/mol. The number of amides is 1. The highest BCUT2D eigenvalue weighted by Crippen LogP contribution is 2.28. The van der Waals surface area contributed by atoms with Crippen molar-refractivity contribution >= 4 is 5.91 Å². The zero-order chi connectivity index (χ0) is 14.7. The number of benzene rings is 1. The van der Waals surface area contributed by atoms with Gasteiger partial charge in [0.2, 0.25) is 5.91 Å². The van der Waals surface area contributed by atoms with Gasteiger partial charge in [-0.05, 0) is 51.1 Å². The van der Waals surface area contributed by atoms with Crippen molar-refractivity contribution in [2.75, 3.05) is 13.1 Å². The zero-order valence-corrected chi connectivity index (χ0v) is 13.0. The fourth-order valence-corrected chi connectivity index (χ4v) is 3.72. The van der Waals surface area contributed by atoms with Crippen molar-refractivity contribution in [2.45, 2.75) is 57.5 Å². The van der Waals surface area contributed by atoms with E-state index < -0.39 is 0 Å². The van der Waals surface area contributed by atoms with Gasteiger partial charge in [-0.1, -0.05) is 29.8 Å². The van der Waals surface area contributed by atoms with Crippen LogP contribution in [-0.2, 0) is 11.2 Å². The summed E-state index contributed by atoms with van der Waals surface area (Å²) >= 11 is 0. The van der Waals surface area contributed by atoms with Gasteiger partial charge < -0.3 is 10.2 Å². The summed E-state index contributed by atoms with van der Waals surface area (Å²) in [5.41, 5.74) is 2.64. The first-order valence-corrected chi connectivity index (χ1v) is 8.31. The number of nitrogens with one attached hydrogen (secondary N) is 1. The molecule has 2 saturated heterocycles. The van der Waals surface area contributed by atoms with Crippen molar-refractivity contribution in [3.8, 4) is 0 Å². The van der Waals surface area contributed by atoms with E-state index in [-0.39, 0.29) is 0 Å². The molecule has 0 spiro atoms. The van der Waals surface area contributed by atoms with Gasteiger partial charge in [-0.3, -0.25) is 4.79 Å². The van der Waals surface area contributed by atoms with Crippen LogP contribution in [0.3, 0.4) is 0 Å². The third-order valence-corrected chi connectivity index (χ3v) is 4.92. The molecule has 2 fully saturated rings. The minimum Gasteiger partial charge on any atom is -0.335 e. The Morgan fingerprint density at radius 3 is 2.76 bits per heavy atom. The smallest absolute Gasteiger partial charge is 0.223 e. The summed E-state index contributed by atoms with van der Waals surface area (Å²) in [7, 11) is 0. The number of carbonyl (C=O) groups is 1. The zero-order valence-electron chi connectivity index (χ0n) is 13.0. The van der Waals surface area contributed by atoms with Gasteiger partial charge >= 0.3 is 0 Å². The molecule has 1 aromatic carbocycles. The van der Waals surface area contributed by atoms with Crippen LogP contribution in [0.1, 0.15) is 43.2 Å². The fraction of sp³-hybridized carbons (Fsp3) is 0.611. The summed E-state index contributed by atoms with van der Waals surface area (Å²) in [6.07, 6.45) is 6.18. The molecule has 1 amide bonds. The first-order chi connectivity index (χ1) is 10.2. The predicted octanol–water partition coefficient (Wildman–Crippen LogP) is 2.67. The molecule has 2 unspecified atom stereocenters. The number of hydrogen-bond acceptors (Lipinski definition) is 2. The minimum atomic E-state index is 0.373. The summed E-state index contributed by atoms with van der Waals surface area (Å²) < 4.78 is 0. The molecule has 3 rings (SSSR count). The Labute approximate surface area is 127 Å². The molecule has 2 aliphatic heterocycles. The van der Waals surface area contributed by atoms with Crippen molar-refractivity contribution in [1.82, 2.24) is 10.2 Å². The summed E-state index contributed by atoms with van der Waals surface area (Å²) in [6.45, 7) is 4.16. The van der Waals surface area contributed by atoms with E-state index in [0.717, 1.165) is 32.4 Å². The topological polar surface area (TPSA) is 32.3 Å². The van der Waals surface area contributed by atoms with E-state index in [1.54, 1.807) is 0 Å². The summed E-state index contributed by atoms with van der Waals surface area (Å²) in [6, 6.07) is 9.61. The molecule has 2 atom stereocenters. The molecule has 0 aromatic heterocycles. The van der Waals surface area contributed by atoms with Crippen molar-refractivity contribution < 1.29 is 4.79 Å². The normalized spacial score (nSPS) is 24.9. The van der Waals surface area contributed by atoms with Crippen LogP contribution in [0.15, 0.2) is 24.3 Å². The van der Waals surface area contributed by atoms with Crippen LogP contribution in [-0.4, -0.2) is 36.0 Å². The quantitative estimate of drug-likeness (QED) is 0.923. The second kappa shape index (κ2) is 6.61. The molecule has 3 nitrogen and oxygen atoms in total. The Kier molecular flexibility index (Phi) is 4.59. The highest BCUT2D eigenvalue weighted by molar-refractivity contribution is 5.77. The van der Waals surface area contributed by atoms with E-state index in [2.05, 4.69) is 41.4 Å². The largest absolute Gasteiger partial charge is 0.335 e. The second-order valence-corrected chi connectivity index (χ2v) is 6.52. The van der Waals surface area contributed by atoms with Crippen molar-refractivity contribution in [1.29, 1.82) is 0 Å². The average molecular weight is 286 g/mol. The average Bonchev–Trinajstić information content (AvgIpc) is 2.74. The van der Waals surface area contributed by atoms with Gasteiger partial charge in [-0.25, -0.2) is 0 Å². The van der Waals surface area contributed by atoms with Gasteiger partial charge in [0.1, 0.15) is 0 Å². The molecule has 114 valence electrons. The van der Waals surface area contributed by atoms with E-state index in [0.29, 0.717) is 24.4 Å². The maximum Gasteiger partial charge on any atom is 0.223 e. The molecule has 3 heteroatoms. The molecule has 2 heterocycles. The van der Waals surface area contributed by atoms with E-state index in [9.17, 15) is 4.79 Å². The van der Waals surface area contributed by atoms with Crippen LogP contribution in [0.4, 0.5) is 0 Å². The first-order valence-electron chi connectivity index (χ1n) is 8.31. The Bertz CT molecular complexity index is 468. The van der Waals surface area contributed by atoms with Crippen molar-refractivity contribution in [3.63, 3.8) is 0 Å². The standard InChI is InChI=1S/C18H26N2O/c1-14-5-7-15(8-6-14)3-2-4-18(21)20-16-9-10-17(20)13-19-12-11-16/h5-8,16-17,19H,2-4,9-13H2,1H3. The lowest BCUT2D eigenvalue weighted by Gasteiger charge is -2.28. The third kappa shape index (κ3) is 3.46. The molecule has 1 N–H and O–H groups in total. The lowest BCUT2D eigenvalue weighted by atomic mass is 10.1. The fourth-order valence-electron chi connectivity index (χ4n) is 3.72. The summed E-state index contributed by atoms with van der Waals surface area (Å²) in [5.74, 6) is 0.373. The lowest BCUT2D eigenvalue weighted by molar-refractivity contribution is -0.133. The number of nitrogens with zero attached hydrogens (tertiary/aromatic N) is 1. The van der Waals surface area contributed by atoms with Gasteiger partial charge in [-0.15, -0.1) is 0 Å². The SMILES string of the molecule is Cc1ccc(CCCC(=O)N2C3CCNCC2CC3)cc1. The predicted molar refractivity (Wildman–Crippen MR) is 85.3 cm³/mol. The molecule has 0 radical (unpaired) electrons. The monoisotopic (exact) mass is 286 g/mol. The summed E-state index contributed by atoms with van der Waals surface area (Å²) in [4.78, 5) is 14.8. The molecule has 0 aliphatic carbocycles. The highest BCUT2D eigenvalue weighted by atomic mass is 16.2. The van der Waals surface area contributed by atoms with Crippen molar-refractivity contribution in [2.24, 2.45) is 0 Å². The Morgan fingerprint density at radius 2 is 1.95 bits per heavy atom. The Hall–Kier alpha value is -1.35. The highest BCUT2D eigenvalue weighted by Gasteiger charge is 2.37. The number of aryl methyl sites for hydroxylation is 2. The van der Waals surface area contributed by atoms with E-state index >= 15 is 0 Å². The van der Waals surface area contributed by atoms with E-state index in [1.165, 1.54) is 24.0 Å². The maximum absolute atomic E-state index is 12.6. The van der Waals surface area contributed by atoms with Gasteiger partial charge in [0.25, 0.3) is 0 Å². The molecule has 1 aromatic rings. The van der Waals surface area contributed by atoms with Crippen LogP contribution < -0.4 is 5.32 Å². The second-order valence-electron chi connectivity index (χ2n) is 6.52. The van der Waals surface area contributed by atoms with Crippen LogP contribution in [0.5, 0.6) is 0 Å². The molecule has 2 aliphatic rings. The van der Waals surface area contributed by atoms with Gasteiger partial charge in [-0.2, -0.15) is 0 Å². The van der Waals surface area contributed by atoms with Crippen LogP contribution in [0.2, 0.25) is 0 Å². The van der Waals surface area contributed by atoms with Crippen LogP contribution in [0.25, 0.3) is 0 Å². The van der Waals surface area contributed by atoms with Crippen LogP contribution >= 0.6 is 0 Å². The van der Waals surface area contributed by atoms with E-state index in [1.807, 2.05) is 0 Å². The van der Waals surface area contributed by atoms with Gasteiger partial charge in [0, 0.05) is 25.0 Å². The minimum absolute atomic E-state index is 0.373. The molecule has 21 heavy (non-hydrogen) atoms. The van der Waals surface area contributed by atoms with Crippen LogP contribution in [0, 0.1) is 6.92 Å². The van der Waals surface area contributed by atoms with Gasteiger partial charge in [0.15, 0.2) is 0 Å². The molecule has 2 bridgehead atoms. The lowest BCUT2D eigenvalue weighted by Crippen LogP contribution is -2.42. The summed E-state index contributed by atoms with van der Waals surface area (Å²) in [5, 5.41) is 3.46. The van der Waals surface area contributed by atoms with Crippen molar-refractivity contribution in [3.05, 3.63) is 35.4 Å². The van der Waals surface area contributed by atoms with Gasteiger partial charge in [0.05, 0.1) is 0 Å². The maximum atomic E-state index is 12.6. The number of carbonyl (C=O) groups excluding carboxylic acids is 1. The molecule has 0 saturated carbocycles. The molecular formula is C18H26N2O.